The van der Waals surface area contributed by atoms with E-state index in [1.165, 1.54) is 37.4 Å². The summed E-state index contributed by atoms with van der Waals surface area (Å²) in [6, 6.07) is 15.8. The zero-order valence-electron chi connectivity index (χ0n) is 19.6. The highest BCUT2D eigenvalue weighted by Crippen LogP contribution is 2.41. The molecule has 5 nitrogen and oxygen atoms in total. The van der Waals surface area contributed by atoms with E-state index in [9.17, 15) is 9.59 Å². The van der Waals surface area contributed by atoms with Gasteiger partial charge in [0, 0.05) is 29.0 Å². The van der Waals surface area contributed by atoms with Crippen LogP contribution in [0.1, 0.15) is 44.6 Å². The Morgan fingerprint density at radius 2 is 1.97 bits per heavy atom. The fourth-order valence-electron chi connectivity index (χ4n) is 4.66. The van der Waals surface area contributed by atoms with E-state index in [4.69, 9.17) is 11.6 Å². The van der Waals surface area contributed by atoms with Gasteiger partial charge in [0.15, 0.2) is 0 Å². The van der Waals surface area contributed by atoms with Crippen LogP contribution >= 0.6 is 23.4 Å². The van der Waals surface area contributed by atoms with Gasteiger partial charge in [-0.15, -0.1) is 0 Å². The summed E-state index contributed by atoms with van der Waals surface area (Å²) in [5.74, 6) is -0.292. The Morgan fingerprint density at radius 3 is 2.76 bits per heavy atom. The Balaban J connectivity index is 1.38. The standard InChI is InChI=1S/C27H32ClN3O2S/c1-2-22-8-5-6-16-30(22)17-7-15-29-26(32)19-31-23-9-3-4-10-24(23)34-25(27(31)33)18-20-11-13-21(28)14-12-20/h3-4,9-14,18,22H,2,5-8,15-17,19H2,1H3,(H,29,32)/b25-18+/t22-/m0/s1. The lowest BCUT2D eigenvalue weighted by Gasteiger charge is -2.35. The fourth-order valence-corrected chi connectivity index (χ4v) is 5.84. The number of para-hydroxylation sites is 1. The zero-order chi connectivity index (χ0) is 23.9. The van der Waals surface area contributed by atoms with Crippen LogP contribution < -0.4 is 10.2 Å². The Bertz CT molecular complexity index is 1040. The maximum absolute atomic E-state index is 13.3. The van der Waals surface area contributed by atoms with Gasteiger partial charge in [0.25, 0.3) is 5.91 Å². The van der Waals surface area contributed by atoms with Crippen molar-refractivity contribution in [3.8, 4) is 0 Å². The van der Waals surface area contributed by atoms with Crippen LogP contribution in [0.2, 0.25) is 5.02 Å². The molecule has 2 amide bonds. The molecule has 0 aromatic heterocycles. The van der Waals surface area contributed by atoms with Gasteiger partial charge >= 0.3 is 0 Å². The van der Waals surface area contributed by atoms with Gasteiger partial charge in [0.2, 0.25) is 5.91 Å². The smallest absolute Gasteiger partial charge is 0.265 e. The monoisotopic (exact) mass is 497 g/mol. The number of nitrogens with zero attached hydrogens (tertiary/aromatic N) is 2. The van der Waals surface area contributed by atoms with E-state index in [0.29, 0.717) is 22.5 Å². The second-order valence-corrected chi connectivity index (χ2v) is 10.3. The highest BCUT2D eigenvalue weighted by Gasteiger charge is 2.30. The van der Waals surface area contributed by atoms with Crippen LogP contribution in [0.25, 0.3) is 6.08 Å². The second-order valence-electron chi connectivity index (χ2n) is 8.82. The van der Waals surface area contributed by atoms with Gasteiger partial charge in [0.05, 0.1) is 10.6 Å². The molecule has 0 unspecified atom stereocenters. The summed E-state index contributed by atoms with van der Waals surface area (Å²) in [7, 11) is 0. The van der Waals surface area contributed by atoms with Crippen LogP contribution in [0.5, 0.6) is 0 Å². The number of piperidine rings is 1. The van der Waals surface area contributed by atoms with Crippen molar-refractivity contribution in [3.05, 3.63) is 64.0 Å². The molecular weight excluding hydrogens is 466 g/mol. The zero-order valence-corrected chi connectivity index (χ0v) is 21.2. The average Bonchev–Trinajstić information content (AvgIpc) is 2.86. The fraction of sp³-hybridized carbons (Fsp3) is 0.407. The Morgan fingerprint density at radius 1 is 1.18 bits per heavy atom. The topological polar surface area (TPSA) is 52.7 Å². The van der Waals surface area contributed by atoms with Crippen LogP contribution in [0.4, 0.5) is 5.69 Å². The van der Waals surface area contributed by atoms with Crippen LogP contribution in [0, 0.1) is 0 Å². The molecule has 4 rings (SSSR count). The lowest BCUT2D eigenvalue weighted by atomic mass is 10.00. The summed E-state index contributed by atoms with van der Waals surface area (Å²) in [5.41, 5.74) is 1.67. The SMILES string of the molecule is CC[C@H]1CCCCN1CCCNC(=O)CN1C(=O)/C(=C\c2ccc(Cl)cc2)Sc2ccccc21. The third-order valence-corrected chi connectivity index (χ3v) is 7.80. The van der Waals surface area contributed by atoms with E-state index >= 15 is 0 Å². The highest BCUT2D eigenvalue weighted by atomic mass is 35.5. The van der Waals surface area contributed by atoms with Crippen molar-refractivity contribution in [2.24, 2.45) is 0 Å². The van der Waals surface area contributed by atoms with E-state index in [-0.39, 0.29) is 18.4 Å². The van der Waals surface area contributed by atoms with Gasteiger partial charge < -0.3 is 10.2 Å². The molecule has 0 aliphatic carbocycles. The van der Waals surface area contributed by atoms with Crippen molar-refractivity contribution < 1.29 is 9.59 Å². The minimum absolute atomic E-state index is 0.00959. The molecule has 0 spiro atoms. The molecule has 180 valence electrons. The molecule has 1 saturated heterocycles. The van der Waals surface area contributed by atoms with Crippen molar-refractivity contribution in [3.63, 3.8) is 0 Å². The van der Waals surface area contributed by atoms with Crippen molar-refractivity contribution in [2.75, 3.05) is 31.1 Å². The molecule has 2 aliphatic heterocycles. The molecule has 1 fully saturated rings. The van der Waals surface area contributed by atoms with Crippen molar-refractivity contribution in [2.45, 2.75) is 50.0 Å². The Labute approximate surface area is 211 Å². The number of hydrogen-bond donors (Lipinski definition) is 1. The average molecular weight is 498 g/mol. The molecule has 0 saturated carbocycles. The molecule has 1 atom stereocenters. The first-order valence-corrected chi connectivity index (χ1v) is 13.3. The Kier molecular flexibility index (Phi) is 8.70. The summed E-state index contributed by atoms with van der Waals surface area (Å²) >= 11 is 7.43. The molecule has 2 aromatic rings. The summed E-state index contributed by atoms with van der Waals surface area (Å²) in [4.78, 5) is 31.8. The normalized spacial score (nSPS) is 19.8. The van der Waals surface area contributed by atoms with Crippen molar-refractivity contribution in [1.82, 2.24) is 10.2 Å². The summed E-state index contributed by atoms with van der Waals surface area (Å²) < 4.78 is 0. The Hall–Kier alpha value is -2.28. The van der Waals surface area contributed by atoms with E-state index in [0.717, 1.165) is 35.7 Å². The molecular formula is C27H32ClN3O2S. The number of hydrogen-bond acceptors (Lipinski definition) is 4. The number of amides is 2. The third kappa shape index (κ3) is 6.23. The number of fused-ring (bicyclic) bond motifs is 1. The number of likely N-dealkylation sites (tertiary alicyclic amines) is 1. The number of carbonyl (C=O) groups is 2. The number of benzene rings is 2. The summed E-state index contributed by atoms with van der Waals surface area (Å²) in [6.45, 7) is 5.06. The van der Waals surface area contributed by atoms with Gasteiger partial charge in [0.1, 0.15) is 6.54 Å². The quantitative estimate of drug-likeness (QED) is 0.381. The number of rotatable bonds is 8. The van der Waals surface area contributed by atoms with Crippen LogP contribution in [0.3, 0.4) is 0 Å². The minimum Gasteiger partial charge on any atom is -0.355 e. The number of anilines is 1. The van der Waals surface area contributed by atoms with E-state index in [1.54, 1.807) is 17.0 Å². The predicted octanol–water partition coefficient (Wildman–Crippen LogP) is 5.59. The molecule has 2 aliphatic rings. The highest BCUT2D eigenvalue weighted by molar-refractivity contribution is 8.04. The lowest BCUT2D eigenvalue weighted by molar-refractivity contribution is -0.122. The number of nitrogens with one attached hydrogen (secondary N) is 1. The number of halogens is 1. The van der Waals surface area contributed by atoms with E-state index < -0.39 is 0 Å². The van der Waals surface area contributed by atoms with Gasteiger partial charge in [-0.2, -0.15) is 0 Å². The first kappa shape index (κ1) is 24.8. The lowest BCUT2D eigenvalue weighted by Crippen LogP contribution is -2.44. The largest absolute Gasteiger partial charge is 0.355 e. The van der Waals surface area contributed by atoms with Gasteiger partial charge in [-0.25, -0.2) is 0 Å². The third-order valence-electron chi connectivity index (χ3n) is 6.47. The first-order valence-electron chi connectivity index (χ1n) is 12.1. The number of carbonyl (C=O) groups excluding carboxylic acids is 2. The maximum atomic E-state index is 13.3. The maximum Gasteiger partial charge on any atom is 0.265 e. The van der Waals surface area contributed by atoms with E-state index in [2.05, 4.69) is 17.1 Å². The van der Waals surface area contributed by atoms with Crippen LogP contribution in [0.15, 0.2) is 58.3 Å². The minimum atomic E-state index is -0.159. The molecule has 1 N–H and O–H groups in total. The molecule has 2 aromatic carbocycles. The predicted molar refractivity (Wildman–Crippen MR) is 141 cm³/mol. The first-order chi connectivity index (χ1) is 16.5. The van der Waals surface area contributed by atoms with Crippen LogP contribution in [-0.2, 0) is 9.59 Å². The molecule has 2 heterocycles. The summed E-state index contributed by atoms with van der Waals surface area (Å²) in [6.07, 6.45) is 7.83. The van der Waals surface area contributed by atoms with Crippen molar-refractivity contribution >= 4 is 46.9 Å². The van der Waals surface area contributed by atoms with Gasteiger partial charge in [-0.05, 0) is 68.1 Å². The van der Waals surface area contributed by atoms with Crippen LogP contribution in [-0.4, -0.2) is 48.9 Å². The van der Waals surface area contributed by atoms with Gasteiger partial charge in [-0.3, -0.25) is 14.5 Å². The molecule has 0 bridgehead atoms. The summed E-state index contributed by atoms with van der Waals surface area (Å²) in [5, 5.41) is 3.68. The number of thioether (sulfide) groups is 1. The van der Waals surface area contributed by atoms with E-state index in [1.807, 2.05) is 42.5 Å². The molecule has 7 heteroatoms. The van der Waals surface area contributed by atoms with Gasteiger partial charge in [-0.1, -0.05) is 61.0 Å². The molecule has 34 heavy (non-hydrogen) atoms. The van der Waals surface area contributed by atoms with Crippen molar-refractivity contribution in [1.29, 1.82) is 0 Å². The second kappa shape index (κ2) is 11.9. The molecule has 0 radical (unpaired) electrons.